The van der Waals surface area contributed by atoms with E-state index >= 15 is 0 Å². The standard InChI is InChI=1S/C15H21NO4.C7H10S.C2H4O2/c1-4-11(17)14-12(18)9-13(20-15(14)19)10(2)7-5-6-8-16-3;1-3-7-5-4-6(2)8-7;1-4-2-3/h6,8-10,16,18H,4-5,7H2,1-3H3;4-5H,3H2,1-2H3;2H,1H3/b8-6+;;. The Morgan fingerprint density at radius 2 is 2.00 bits per heavy atom. The summed E-state index contributed by atoms with van der Waals surface area (Å²) in [6, 6.07) is 5.74. The fourth-order valence-corrected chi connectivity index (χ4v) is 3.37. The van der Waals surface area contributed by atoms with Crippen molar-refractivity contribution in [1.29, 1.82) is 0 Å². The summed E-state index contributed by atoms with van der Waals surface area (Å²) in [6.07, 6.45) is 6.75. The Morgan fingerprint density at radius 1 is 1.34 bits per heavy atom. The van der Waals surface area contributed by atoms with E-state index in [9.17, 15) is 14.7 Å². The van der Waals surface area contributed by atoms with Crippen LogP contribution in [0.25, 0.3) is 0 Å². The topological polar surface area (TPSA) is 106 Å². The summed E-state index contributed by atoms with van der Waals surface area (Å²) in [7, 11) is 3.13. The predicted octanol–water partition coefficient (Wildman–Crippen LogP) is 4.96. The number of rotatable bonds is 9. The summed E-state index contributed by atoms with van der Waals surface area (Å²) >= 11 is 1.89. The van der Waals surface area contributed by atoms with Crippen LogP contribution < -0.4 is 10.9 Å². The van der Waals surface area contributed by atoms with Crippen LogP contribution >= 0.6 is 11.3 Å². The highest BCUT2D eigenvalue weighted by molar-refractivity contribution is 7.11. The molecule has 0 saturated heterocycles. The number of thiophene rings is 1. The first kappa shape index (κ1) is 29.1. The number of allylic oxidation sites excluding steroid dienone is 1. The molecule has 2 aromatic heterocycles. The van der Waals surface area contributed by atoms with Crippen LogP contribution in [-0.2, 0) is 16.0 Å². The molecular weight excluding hydrogens is 430 g/mol. The molecule has 0 bridgehead atoms. The largest absolute Gasteiger partial charge is 0.507 e. The molecule has 0 aromatic carbocycles. The van der Waals surface area contributed by atoms with Crippen molar-refractivity contribution in [3.63, 3.8) is 0 Å². The van der Waals surface area contributed by atoms with Gasteiger partial charge in [0.25, 0.3) is 6.47 Å². The van der Waals surface area contributed by atoms with E-state index in [1.807, 2.05) is 37.6 Å². The van der Waals surface area contributed by atoms with Crippen LogP contribution in [0.2, 0.25) is 0 Å². The number of hydrogen-bond acceptors (Lipinski definition) is 8. The molecule has 0 spiro atoms. The monoisotopic (exact) mass is 465 g/mol. The lowest BCUT2D eigenvalue weighted by molar-refractivity contribution is -0.126. The Kier molecular flexibility index (Phi) is 15.3. The molecule has 0 aliphatic heterocycles. The van der Waals surface area contributed by atoms with Crippen LogP contribution in [0, 0.1) is 6.92 Å². The number of hydrogen-bond donors (Lipinski definition) is 2. The minimum absolute atomic E-state index is 0.0131. The third kappa shape index (κ3) is 10.9. The summed E-state index contributed by atoms with van der Waals surface area (Å²) in [5.74, 6) is -0.313. The molecule has 0 radical (unpaired) electrons. The average molecular weight is 466 g/mol. The van der Waals surface area contributed by atoms with Crippen molar-refractivity contribution in [1.82, 2.24) is 5.32 Å². The van der Waals surface area contributed by atoms with Crippen molar-refractivity contribution in [2.75, 3.05) is 14.2 Å². The molecule has 32 heavy (non-hydrogen) atoms. The number of ketones is 1. The van der Waals surface area contributed by atoms with E-state index in [4.69, 9.17) is 9.21 Å². The zero-order valence-electron chi connectivity index (χ0n) is 19.8. The SMILES string of the molecule is CCC(=O)c1c(O)cc(C(C)CC/C=C/NC)oc1=O.CCc1ccc(C)s1.COC=O. The molecule has 0 fully saturated rings. The maximum atomic E-state index is 11.8. The van der Waals surface area contributed by atoms with Gasteiger partial charge in [-0.05, 0) is 44.5 Å². The summed E-state index contributed by atoms with van der Waals surface area (Å²) < 4.78 is 9.02. The molecular formula is C24H35NO6S. The van der Waals surface area contributed by atoms with E-state index < -0.39 is 11.4 Å². The molecule has 0 aliphatic carbocycles. The molecule has 1 unspecified atom stereocenters. The van der Waals surface area contributed by atoms with Crippen LogP contribution in [0.5, 0.6) is 5.75 Å². The zero-order valence-corrected chi connectivity index (χ0v) is 20.6. The van der Waals surface area contributed by atoms with Crippen molar-refractivity contribution in [3.8, 4) is 5.75 Å². The third-order valence-corrected chi connectivity index (χ3v) is 5.47. The van der Waals surface area contributed by atoms with Crippen LogP contribution in [0.4, 0.5) is 0 Å². The molecule has 0 aliphatic rings. The number of carbonyl (C=O) groups excluding carboxylic acids is 2. The van der Waals surface area contributed by atoms with Crippen LogP contribution in [0.1, 0.15) is 71.8 Å². The molecule has 0 amide bonds. The zero-order chi connectivity index (χ0) is 24.5. The first-order valence-electron chi connectivity index (χ1n) is 10.5. The molecule has 7 nitrogen and oxygen atoms in total. The Morgan fingerprint density at radius 3 is 2.41 bits per heavy atom. The molecule has 8 heteroatoms. The molecule has 2 aromatic rings. The smallest absolute Gasteiger partial charge is 0.350 e. The van der Waals surface area contributed by atoms with E-state index in [2.05, 4.69) is 36.0 Å². The van der Waals surface area contributed by atoms with Gasteiger partial charge in [0.2, 0.25) is 0 Å². The lowest BCUT2D eigenvalue weighted by atomic mass is 10.0. The van der Waals surface area contributed by atoms with Gasteiger partial charge in [-0.15, -0.1) is 11.3 Å². The Labute approximate surface area is 194 Å². The maximum Gasteiger partial charge on any atom is 0.350 e. The number of methoxy groups -OCH3 is 1. The average Bonchev–Trinajstić information content (AvgIpc) is 3.21. The maximum absolute atomic E-state index is 11.8. The number of aromatic hydroxyl groups is 1. The lowest BCUT2D eigenvalue weighted by Crippen LogP contribution is -2.15. The van der Waals surface area contributed by atoms with Crippen LogP contribution in [0.15, 0.2) is 39.7 Å². The second-order valence-corrected chi connectivity index (χ2v) is 8.21. The van der Waals surface area contributed by atoms with Crippen LogP contribution in [0.3, 0.4) is 0 Å². The highest BCUT2D eigenvalue weighted by atomic mass is 32.1. The molecule has 2 heterocycles. The number of ether oxygens (including phenoxy) is 1. The second kappa shape index (κ2) is 16.8. The van der Waals surface area contributed by atoms with Gasteiger partial charge in [0.05, 0.1) is 7.11 Å². The van der Waals surface area contributed by atoms with E-state index in [-0.39, 0.29) is 23.7 Å². The van der Waals surface area contributed by atoms with Crippen molar-refractivity contribution in [2.24, 2.45) is 0 Å². The van der Waals surface area contributed by atoms with Gasteiger partial charge in [0.1, 0.15) is 17.1 Å². The van der Waals surface area contributed by atoms with Crippen molar-refractivity contribution in [3.05, 3.63) is 62.0 Å². The van der Waals surface area contributed by atoms with Crippen molar-refractivity contribution >= 4 is 23.6 Å². The van der Waals surface area contributed by atoms with Crippen LogP contribution in [-0.4, -0.2) is 31.5 Å². The Bertz CT molecular complexity index is 900. The van der Waals surface area contributed by atoms with Gasteiger partial charge >= 0.3 is 5.63 Å². The number of aryl methyl sites for hydroxylation is 2. The number of carbonyl (C=O) groups is 2. The summed E-state index contributed by atoms with van der Waals surface area (Å²) in [5, 5.41) is 12.7. The summed E-state index contributed by atoms with van der Waals surface area (Å²) in [4.78, 5) is 35.2. The minimum atomic E-state index is -0.760. The molecule has 2 rings (SSSR count). The van der Waals surface area contributed by atoms with Crippen molar-refractivity contribution in [2.45, 2.75) is 59.3 Å². The third-order valence-electron chi connectivity index (χ3n) is 4.33. The predicted molar refractivity (Wildman–Crippen MR) is 129 cm³/mol. The lowest BCUT2D eigenvalue weighted by Gasteiger charge is -2.10. The van der Waals surface area contributed by atoms with E-state index in [1.165, 1.54) is 29.4 Å². The summed E-state index contributed by atoms with van der Waals surface area (Å²) in [5.41, 5.74) is -1.01. The quantitative estimate of drug-likeness (QED) is 0.398. The van der Waals surface area contributed by atoms with Gasteiger partial charge in [-0.3, -0.25) is 9.59 Å². The van der Waals surface area contributed by atoms with E-state index in [1.54, 1.807) is 6.92 Å². The number of nitrogens with one attached hydrogen (secondary N) is 1. The van der Waals surface area contributed by atoms with Gasteiger partial charge in [-0.1, -0.05) is 26.8 Å². The molecule has 0 saturated carbocycles. The highest BCUT2D eigenvalue weighted by Gasteiger charge is 2.19. The second-order valence-electron chi connectivity index (χ2n) is 6.84. The number of Topliss-reactive ketones (excluding diaryl/α,β-unsaturated/α-hetero) is 1. The van der Waals surface area contributed by atoms with Gasteiger partial charge in [0.15, 0.2) is 5.78 Å². The Balaban J connectivity index is 0.000000653. The first-order valence-corrected chi connectivity index (χ1v) is 11.3. The molecule has 2 N–H and O–H groups in total. The fourth-order valence-electron chi connectivity index (χ4n) is 2.54. The van der Waals surface area contributed by atoms with Crippen molar-refractivity contribution < 1.29 is 23.8 Å². The molecule has 1 atom stereocenters. The van der Waals surface area contributed by atoms with Gasteiger partial charge in [-0.25, -0.2) is 4.79 Å². The van der Waals surface area contributed by atoms with E-state index in [0.29, 0.717) is 12.2 Å². The highest BCUT2D eigenvalue weighted by Crippen LogP contribution is 2.25. The Hall–Kier alpha value is -2.87. The fraction of sp³-hybridized carbons (Fsp3) is 0.458. The first-order chi connectivity index (χ1) is 15.2. The normalized spacial score (nSPS) is 10.9. The molecule has 178 valence electrons. The summed E-state index contributed by atoms with van der Waals surface area (Å²) in [6.45, 7) is 8.24. The van der Waals surface area contributed by atoms with Gasteiger partial charge in [0, 0.05) is 35.2 Å². The van der Waals surface area contributed by atoms with Gasteiger partial charge < -0.3 is 19.6 Å². The van der Waals surface area contributed by atoms with E-state index in [0.717, 1.165) is 12.8 Å². The minimum Gasteiger partial charge on any atom is -0.507 e. The van der Waals surface area contributed by atoms with Gasteiger partial charge in [-0.2, -0.15) is 0 Å².